The molecule has 1 aliphatic rings. The predicted octanol–water partition coefficient (Wildman–Crippen LogP) is 4.36. The topological polar surface area (TPSA) is 58.6 Å². The van der Waals surface area contributed by atoms with Gasteiger partial charge in [0.25, 0.3) is 11.8 Å². The van der Waals surface area contributed by atoms with Crippen molar-refractivity contribution in [2.45, 2.75) is 31.5 Å². The van der Waals surface area contributed by atoms with Gasteiger partial charge in [0.05, 0.1) is 0 Å². The maximum Gasteiger partial charge on any atom is 0.268 e. The van der Waals surface area contributed by atoms with Crippen LogP contribution in [-0.2, 0) is 11.3 Å². The first-order valence-electron chi connectivity index (χ1n) is 10.5. The van der Waals surface area contributed by atoms with Crippen LogP contribution < -0.4 is 10.1 Å². The van der Waals surface area contributed by atoms with Crippen molar-refractivity contribution in [3.05, 3.63) is 102 Å². The Morgan fingerprint density at radius 2 is 1.55 bits per heavy atom. The van der Waals surface area contributed by atoms with Crippen LogP contribution in [0.1, 0.15) is 40.4 Å². The zero-order chi connectivity index (χ0) is 21.6. The van der Waals surface area contributed by atoms with Crippen LogP contribution in [0, 0.1) is 0 Å². The first kappa shape index (κ1) is 20.7. The van der Waals surface area contributed by atoms with Gasteiger partial charge in [-0.05, 0) is 42.7 Å². The van der Waals surface area contributed by atoms with Crippen molar-refractivity contribution in [3.63, 3.8) is 0 Å². The number of nitrogens with one attached hydrogen (secondary N) is 1. The van der Waals surface area contributed by atoms with E-state index < -0.39 is 6.10 Å². The summed E-state index contributed by atoms with van der Waals surface area (Å²) in [5.41, 5.74) is 2.39. The summed E-state index contributed by atoms with van der Waals surface area (Å²) in [6, 6.07) is 26.6. The van der Waals surface area contributed by atoms with E-state index in [1.807, 2.05) is 72.8 Å². The third kappa shape index (κ3) is 5.51. The van der Waals surface area contributed by atoms with Gasteiger partial charge in [-0.3, -0.25) is 9.59 Å². The van der Waals surface area contributed by atoms with Crippen LogP contribution >= 0.6 is 0 Å². The highest BCUT2D eigenvalue weighted by Crippen LogP contribution is 2.24. The molecule has 0 aromatic heterocycles. The molecule has 0 aliphatic heterocycles. The summed E-state index contributed by atoms with van der Waals surface area (Å²) in [6.07, 6.45) is 1.38. The lowest BCUT2D eigenvalue weighted by molar-refractivity contribution is -0.138. The lowest BCUT2D eigenvalue weighted by atomic mass is 10.1. The van der Waals surface area contributed by atoms with Crippen LogP contribution in [-0.4, -0.2) is 29.8 Å². The highest BCUT2D eigenvalue weighted by atomic mass is 16.5. The van der Waals surface area contributed by atoms with Gasteiger partial charge in [-0.1, -0.05) is 60.7 Å². The second-order valence-corrected chi connectivity index (χ2v) is 7.86. The number of rotatable bonds is 8. The average molecular weight is 415 g/mol. The van der Waals surface area contributed by atoms with Crippen LogP contribution in [0.25, 0.3) is 0 Å². The summed E-state index contributed by atoms with van der Waals surface area (Å²) in [7, 11) is 1.76. The van der Waals surface area contributed by atoms with E-state index in [1.165, 1.54) is 0 Å². The number of nitrogens with zero attached hydrogens (tertiary/aromatic N) is 1. The van der Waals surface area contributed by atoms with Gasteiger partial charge in [0.2, 0.25) is 6.10 Å². The molecule has 1 N–H and O–H groups in total. The minimum absolute atomic E-state index is 0.0427. The smallest absolute Gasteiger partial charge is 0.268 e. The number of carbonyl (C=O) groups is 2. The summed E-state index contributed by atoms with van der Waals surface area (Å²) in [5, 5.41) is 2.98. The molecule has 5 nitrogen and oxygen atoms in total. The number of ether oxygens (including phenoxy) is 1. The molecule has 3 aromatic carbocycles. The van der Waals surface area contributed by atoms with E-state index in [4.69, 9.17) is 4.74 Å². The summed E-state index contributed by atoms with van der Waals surface area (Å²) in [5.74, 6) is 0.466. The van der Waals surface area contributed by atoms with Gasteiger partial charge in [0, 0.05) is 30.8 Å². The van der Waals surface area contributed by atoms with Gasteiger partial charge >= 0.3 is 0 Å². The molecule has 158 valence electrons. The molecule has 2 amide bonds. The van der Waals surface area contributed by atoms with Crippen LogP contribution in [0.2, 0.25) is 0 Å². The van der Waals surface area contributed by atoms with Gasteiger partial charge in [0.1, 0.15) is 5.75 Å². The lowest BCUT2D eigenvalue weighted by Gasteiger charge is -2.25. The minimum atomic E-state index is -0.739. The molecule has 0 bridgehead atoms. The van der Waals surface area contributed by atoms with E-state index >= 15 is 0 Å². The van der Waals surface area contributed by atoms with Crippen LogP contribution in [0.5, 0.6) is 5.75 Å². The van der Waals surface area contributed by atoms with Gasteiger partial charge in [-0.2, -0.15) is 0 Å². The molecular weight excluding hydrogens is 388 g/mol. The lowest BCUT2D eigenvalue weighted by Crippen LogP contribution is -2.34. The van der Waals surface area contributed by atoms with E-state index in [0.29, 0.717) is 23.9 Å². The third-order valence-corrected chi connectivity index (χ3v) is 5.25. The molecule has 1 aliphatic carbocycles. The zero-order valence-corrected chi connectivity index (χ0v) is 17.5. The Kier molecular flexibility index (Phi) is 6.32. The largest absolute Gasteiger partial charge is 0.476 e. The van der Waals surface area contributed by atoms with E-state index in [1.54, 1.807) is 24.1 Å². The van der Waals surface area contributed by atoms with Gasteiger partial charge < -0.3 is 15.0 Å². The van der Waals surface area contributed by atoms with E-state index in [9.17, 15) is 9.59 Å². The first-order valence-corrected chi connectivity index (χ1v) is 10.5. The fourth-order valence-corrected chi connectivity index (χ4v) is 3.33. The van der Waals surface area contributed by atoms with Crippen molar-refractivity contribution >= 4 is 11.8 Å². The molecular formula is C26H26N2O3. The summed E-state index contributed by atoms with van der Waals surface area (Å²) >= 11 is 0. The number of para-hydroxylation sites is 1. The summed E-state index contributed by atoms with van der Waals surface area (Å²) in [6.45, 7) is 0.421. The Morgan fingerprint density at radius 3 is 2.16 bits per heavy atom. The van der Waals surface area contributed by atoms with E-state index in [-0.39, 0.29) is 11.8 Å². The summed E-state index contributed by atoms with van der Waals surface area (Å²) in [4.78, 5) is 27.1. The molecule has 1 saturated carbocycles. The molecule has 0 spiro atoms. The quantitative estimate of drug-likeness (QED) is 0.596. The number of benzene rings is 3. The highest BCUT2D eigenvalue weighted by molar-refractivity contribution is 5.94. The number of hydrogen-bond donors (Lipinski definition) is 1. The molecule has 3 aromatic rings. The molecule has 5 heteroatoms. The molecule has 31 heavy (non-hydrogen) atoms. The maximum atomic E-state index is 13.3. The van der Waals surface area contributed by atoms with Gasteiger partial charge in [-0.15, -0.1) is 0 Å². The van der Waals surface area contributed by atoms with Gasteiger partial charge in [-0.25, -0.2) is 0 Å². The van der Waals surface area contributed by atoms with E-state index in [0.717, 1.165) is 24.0 Å². The Morgan fingerprint density at radius 1 is 0.935 bits per heavy atom. The minimum Gasteiger partial charge on any atom is -0.476 e. The Hall–Kier alpha value is -3.60. The van der Waals surface area contributed by atoms with Crippen LogP contribution in [0.15, 0.2) is 84.9 Å². The van der Waals surface area contributed by atoms with Crippen LogP contribution in [0.3, 0.4) is 0 Å². The Bertz CT molecular complexity index is 1020. The van der Waals surface area contributed by atoms with Crippen molar-refractivity contribution in [2.24, 2.45) is 0 Å². The highest BCUT2D eigenvalue weighted by Gasteiger charge is 2.26. The van der Waals surface area contributed by atoms with Crippen molar-refractivity contribution < 1.29 is 14.3 Å². The summed E-state index contributed by atoms with van der Waals surface area (Å²) < 4.78 is 6.07. The van der Waals surface area contributed by atoms with Crippen molar-refractivity contribution in [2.75, 3.05) is 7.05 Å². The zero-order valence-electron chi connectivity index (χ0n) is 17.5. The molecule has 0 saturated heterocycles. The number of hydrogen-bond acceptors (Lipinski definition) is 3. The molecule has 1 fully saturated rings. The van der Waals surface area contributed by atoms with Gasteiger partial charge in [0.15, 0.2) is 0 Å². The SMILES string of the molecule is CN(Cc1ccc(C(=O)NC2CC2)cc1)C(=O)C(Oc1ccccc1)c1ccccc1. The second-order valence-electron chi connectivity index (χ2n) is 7.86. The predicted molar refractivity (Wildman–Crippen MR) is 120 cm³/mol. The molecule has 0 radical (unpaired) electrons. The number of carbonyl (C=O) groups excluding carboxylic acids is 2. The van der Waals surface area contributed by atoms with Crippen molar-refractivity contribution in [1.82, 2.24) is 10.2 Å². The fraction of sp³-hybridized carbons (Fsp3) is 0.231. The number of amides is 2. The molecule has 1 unspecified atom stereocenters. The Balaban J connectivity index is 1.45. The maximum absolute atomic E-state index is 13.3. The number of likely N-dealkylation sites (N-methyl/N-ethyl adjacent to an activating group) is 1. The van der Waals surface area contributed by atoms with Crippen molar-refractivity contribution in [1.29, 1.82) is 0 Å². The Labute approximate surface area is 182 Å². The molecule has 0 heterocycles. The molecule has 4 rings (SSSR count). The van der Waals surface area contributed by atoms with Crippen molar-refractivity contribution in [3.8, 4) is 5.75 Å². The standard InChI is InChI=1S/C26H26N2O3/c1-28(18-19-12-14-21(15-13-19)25(29)27-22-16-17-22)26(30)24(20-8-4-2-5-9-20)31-23-10-6-3-7-11-23/h2-15,22,24H,16-18H2,1H3,(H,27,29). The normalized spacial score (nSPS) is 13.8. The van der Waals surface area contributed by atoms with E-state index in [2.05, 4.69) is 5.32 Å². The van der Waals surface area contributed by atoms with Crippen LogP contribution in [0.4, 0.5) is 0 Å². The third-order valence-electron chi connectivity index (χ3n) is 5.25. The monoisotopic (exact) mass is 414 g/mol. The fourth-order valence-electron chi connectivity index (χ4n) is 3.33. The second kappa shape index (κ2) is 9.47. The first-order chi connectivity index (χ1) is 15.1. The molecule has 1 atom stereocenters. The average Bonchev–Trinajstić information content (AvgIpc) is 3.62.